The first-order chi connectivity index (χ1) is 11.7. The van der Waals surface area contributed by atoms with Crippen LogP contribution in [0.1, 0.15) is 24.8 Å². The number of hydrogen-bond acceptors (Lipinski definition) is 1. The van der Waals surface area contributed by atoms with Gasteiger partial charge in [-0.15, -0.1) is 0 Å². The number of fused-ring (bicyclic) bond motifs is 1. The number of anilines is 1. The summed E-state index contributed by atoms with van der Waals surface area (Å²) in [5.41, 5.74) is 2.21. The van der Waals surface area contributed by atoms with E-state index in [0.29, 0.717) is 0 Å². The summed E-state index contributed by atoms with van der Waals surface area (Å²) in [5.74, 6) is 0.0168. The van der Waals surface area contributed by atoms with E-state index >= 15 is 0 Å². The molecular weight excluding hydrogens is 490 g/mol. The molecule has 0 unspecified atom stereocenters. The molecule has 0 bridgehead atoms. The Morgan fingerprint density at radius 2 is 1.80 bits per heavy atom. The van der Waals surface area contributed by atoms with Crippen LogP contribution in [0.25, 0.3) is 15.9 Å². The van der Waals surface area contributed by atoms with Gasteiger partial charge in [0.2, 0.25) is 0 Å². The molecule has 3 rings (SSSR count). The SMILES string of the molecule is CCC[n+]1c(/C=C/N(C(C)=O)c2ccccc2)[se]c2ccccc21.[I-]. The first-order valence-electron chi connectivity index (χ1n) is 8.15. The first-order valence-corrected chi connectivity index (χ1v) is 9.86. The molecule has 25 heavy (non-hydrogen) atoms. The standard InChI is InChI=1S/C20H21N2OSe.HI/c1-3-14-22-18-11-7-8-12-19(18)24-20(22)13-15-21(16(2)23)17-9-5-4-6-10-17;/h4-13,15H,3,14H2,1-2H3;1H/q+1;/p-1. The van der Waals surface area contributed by atoms with Gasteiger partial charge >= 0.3 is 148 Å². The molecule has 3 nitrogen and oxygen atoms in total. The van der Waals surface area contributed by atoms with Crippen molar-refractivity contribution < 1.29 is 33.3 Å². The Morgan fingerprint density at radius 3 is 2.48 bits per heavy atom. The molecule has 3 aromatic rings. The third-order valence-corrected chi connectivity index (χ3v) is 6.20. The van der Waals surface area contributed by atoms with Crippen LogP contribution in [-0.4, -0.2) is 20.4 Å². The number of nitrogens with zero attached hydrogens (tertiary/aromatic N) is 2. The molecule has 0 aliphatic heterocycles. The number of aromatic nitrogens is 1. The Labute approximate surface area is 171 Å². The van der Waals surface area contributed by atoms with Gasteiger partial charge < -0.3 is 24.0 Å². The molecule has 0 aliphatic rings. The topological polar surface area (TPSA) is 24.2 Å². The largest absolute Gasteiger partial charge is 1.00 e. The molecule has 130 valence electrons. The molecule has 0 atom stereocenters. The molecule has 1 aromatic heterocycles. The Bertz CT molecular complexity index is 874. The van der Waals surface area contributed by atoms with E-state index in [1.54, 1.807) is 11.8 Å². The fraction of sp³-hybridized carbons (Fsp3) is 0.200. The van der Waals surface area contributed by atoms with Crippen LogP contribution in [0.2, 0.25) is 0 Å². The minimum absolute atomic E-state index is 0. The van der Waals surface area contributed by atoms with E-state index in [0.717, 1.165) is 18.7 Å². The number of para-hydroxylation sites is 2. The van der Waals surface area contributed by atoms with Gasteiger partial charge in [-0.25, -0.2) is 0 Å². The molecule has 0 saturated carbocycles. The predicted molar refractivity (Wildman–Crippen MR) is 100 cm³/mol. The molecule has 5 heteroatoms. The van der Waals surface area contributed by atoms with E-state index in [-0.39, 0.29) is 44.4 Å². The average Bonchev–Trinajstić information content (AvgIpc) is 2.94. The van der Waals surface area contributed by atoms with Crippen molar-refractivity contribution in [3.8, 4) is 0 Å². The second kappa shape index (κ2) is 9.32. The van der Waals surface area contributed by atoms with E-state index in [1.165, 1.54) is 14.3 Å². The van der Waals surface area contributed by atoms with Gasteiger partial charge in [-0.1, -0.05) is 0 Å². The molecule has 0 fully saturated rings. The van der Waals surface area contributed by atoms with Gasteiger partial charge in [0.1, 0.15) is 0 Å². The maximum absolute atomic E-state index is 12.0. The number of rotatable bonds is 5. The fourth-order valence-electron chi connectivity index (χ4n) is 2.73. The van der Waals surface area contributed by atoms with Gasteiger partial charge in [-0.05, 0) is 0 Å². The second-order valence-electron chi connectivity index (χ2n) is 5.60. The van der Waals surface area contributed by atoms with Crippen molar-refractivity contribution in [1.29, 1.82) is 0 Å². The molecular formula is C20H21IN2OSe. The zero-order chi connectivity index (χ0) is 16.9. The summed E-state index contributed by atoms with van der Waals surface area (Å²) in [4.78, 5) is 13.7. The second-order valence-corrected chi connectivity index (χ2v) is 7.83. The summed E-state index contributed by atoms with van der Waals surface area (Å²) in [5, 5.41) is 0. The van der Waals surface area contributed by atoms with Crippen molar-refractivity contribution >= 4 is 42.0 Å². The maximum Gasteiger partial charge on any atom is -1.00 e. The predicted octanol–water partition coefficient (Wildman–Crippen LogP) is 0.622. The maximum atomic E-state index is 12.0. The number of hydrogen-bond donors (Lipinski definition) is 0. The normalized spacial score (nSPS) is 10.8. The van der Waals surface area contributed by atoms with Crippen LogP contribution < -0.4 is 33.4 Å². The van der Waals surface area contributed by atoms with Crippen LogP contribution in [-0.2, 0) is 11.3 Å². The zero-order valence-electron chi connectivity index (χ0n) is 14.4. The third-order valence-electron chi connectivity index (χ3n) is 3.82. The van der Waals surface area contributed by atoms with Gasteiger partial charge in [-0.3, -0.25) is 0 Å². The van der Waals surface area contributed by atoms with Crippen LogP contribution in [0.5, 0.6) is 0 Å². The Kier molecular flexibility index (Phi) is 7.41. The van der Waals surface area contributed by atoms with Gasteiger partial charge in [0.25, 0.3) is 0 Å². The Morgan fingerprint density at radius 1 is 1.12 bits per heavy atom. The minimum Gasteiger partial charge on any atom is -1.00 e. The molecule has 2 aromatic carbocycles. The van der Waals surface area contributed by atoms with Crippen LogP contribution in [0.15, 0.2) is 60.8 Å². The monoisotopic (exact) mass is 512 g/mol. The minimum atomic E-state index is 0. The number of halogens is 1. The Hall–Kier alpha value is -1.43. The summed E-state index contributed by atoms with van der Waals surface area (Å²) in [6.45, 7) is 4.80. The third kappa shape index (κ3) is 4.60. The van der Waals surface area contributed by atoms with Gasteiger partial charge in [-0.2, -0.15) is 0 Å². The summed E-state index contributed by atoms with van der Waals surface area (Å²) in [7, 11) is 0. The molecule has 0 saturated heterocycles. The van der Waals surface area contributed by atoms with Gasteiger partial charge in [0.05, 0.1) is 0 Å². The summed E-state index contributed by atoms with van der Waals surface area (Å²) in [6, 6.07) is 18.4. The number of amides is 1. The summed E-state index contributed by atoms with van der Waals surface area (Å²) >= 11 is 0.279. The van der Waals surface area contributed by atoms with Crippen LogP contribution in [0.4, 0.5) is 5.69 Å². The van der Waals surface area contributed by atoms with Crippen LogP contribution in [0.3, 0.4) is 0 Å². The molecule has 1 heterocycles. The van der Waals surface area contributed by atoms with Crippen LogP contribution >= 0.6 is 0 Å². The number of carbonyl (C=O) groups excluding carboxylic acids is 1. The molecule has 0 radical (unpaired) electrons. The number of aryl methyl sites for hydroxylation is 1. The van der Waals surface area contributed by atoms with Crippen LogP contribution in [0, 0.1) is 0 Å². The first kappa shape index (κ1) is 19.9. The zero-order valence-corrected chi connectivity index (χ0v) is 18.2. The smallest absolute Gasteiger partial charge is 1.00 e. The van der Waals surface area contributed by atoms with Crippen molar-refractivity contribution in [3.05, 3.63) is 65.4 Å². The summed E-state index contributed by atoms with van der Waals surface area (Å²) < 4.78 is 5.09. The molecule has 1 amide bonds. The quantitative estimate of drug-likeness (QED) is 0.280. The van der Waals surface area contributed by atoms with Gasteiger partial charge in [0, 0.05) is 0 Å². The fourth-order valence-corrected chi connectivity index (χ4v) is 5.00. The average molecular weight is 511 g/mol. The van der Waals surface area contributed by atoms with Crippen molar-refractivity contribution in [2.24, 2.45) is 0 Å². The van der Waals surface area contributed by atoms with Crippen molar-refractivity contribution in [1.82, 2.24) is 0 Å². The van der Waals surface area contributed by atoms with Gasteiger partial charge in [0.15, 0.2) is 0 Å². The number of carbonyl (C=O) groups is 1. The summed E-state index contributed by atoms with van der Waals surface area (Å²) in [6.07, 6.45) is 5.10. The van der Waals surface area contributed by atoms with Crippen molar-refractivity contribution in [2.75, 3.05) is 4.90 Å². The molecule has 0 spiro atoms. The Balaban J connectivity index is 0.00000225. The van der Waals surface area contributed by atoms with Crippen molar-refractivity contribution in [2.45, 2.75) is 26.8 Å². The van der Waals surface area contributed by atoms with E-state index in [1.807, 2.05) is 36.5 Å². The van der Waals surface area contributed by atoms with E-state index in [9.17, 15) is 4.79 Å². The van der Waals surface area contributed by atoms with E-state index in [2.05, 4.69) is 41.8 Å². The molecule has 0 N–H and O–H groups in total. The van der Waals surface area contributed by atoms with E-state index in [4.69, 9.17) is 0 Å². The number of benzene rings is 2. The van der Waals surface area contributed by atoms with Crippen molar-refractivity contribution in [3.63, 3.8) is 0 Å². The van der Waals surface area contributed by atoms with E-state index < -0.39 is 0 Å². The molecule has 0 aliphatic carbocycles.